The van der Waals surface area contributed by atoms with Crippen LogP contribution in [-0.2, 0) is 18.3 Å². The lowest BCUT2D eigenvalue weighted by Gasteiger charge is -2.33. The van der Waals surface area contributed by atoms with Gasteiger partial charge >= 0.3 is 6.09 Å². The molecule has 0 aliphatic carbocycles. The number of amides is 1. The van der Waals surface area contributed by atoms with Crippen LogP contribution in [-0.4, -0.2) is 44.4 Å². The molecule has 1 aliphatic rings. The van der Waals surface area contributed by atoms with Crippen LogP contribution in [0.25, 0.3) is 0 Å². The van der Waals surface area contributed by atoms with Crippen LogP contribution in [0.15, 0.2) is 6.33 Å². The topological polar surface area (TPSA) is 67.6 Å². The standard InChI is InChI=1S/C13H21N3O3/c1-13(2,3)19-12(18)16-5-9(7-17)11-10(6-16)14-8-15(11)4/h8-9,17H,5-7H2,1-4H3/t9-/m1/s1. The van der Waals surface area contributed by atoms with Gasteiger partial charge < -0.3 is 19.3 Å². The van der Waals surface area contributed by atoms with Crippen LogP contribution in [0.5, 0.6) is 0 Å². The van der Waals surface area contributed by atoms with Gasteiger partial charge in [-0.2, -0.15) is 0 Å². The number of aliphatic hydroxyl groups is 1. The second-order valence-electron chi connectivity index (χ2n) is 5.93. The summed E-state index contributed by atoms with van der Waals surface area (Å²) < 4.78 is 7.27. The molecule has 1 aromatic heterocycles. The molecular weight excluding hydrogens is 246 g/mol. The zero-order chi connectivity index (χ0) is 14.2. The van der Waals surface area contributed by atoms with E-state index in [1.165, 1.54) is 0 Å². The smallest absolute Gasteiger partial charge is 0.410 e. The van der Waals surface area contributed by atoms with Crippen molar-refractivity contribution in [1.82, 2.24) is 14.5 Å². The van der Waals surface area contributed by atoms with E-state index in [9.17, 15) is 9.90 Å². The fourth-order valence-corrected chi connectivity index (χ4v) is 2.34. The molecule has 1 amide bonds. The van der Waals surface area contributed by atoms with E-state index in [0.29, 0.717) is 13.1 Å². The highest BCUT2D eigenvalue weighted by atomic mass is 16.6. The maximum Gasteiger partial charge on any atom is 0.410 e. The number of fused-ring (bicyclic) bond motifs is 1. The molecule has 0 bridgehead atoms. The Bertz CT molecular complexity index is 476. The third-order valence-electron chi connectivity index (χ3n) is 3.10. The van der Waals surface area contributed by atoms with E-state index >= 15 is 0 Å². The van der Waals surface area contributed by atoms with Crippen molar-refractivity contribution >= 4 is 6.09 Å². The predicted molar refractivity (Wildman–Crippen MR) is 69.7 cm³/mol. The number of carbonyl (C=O) groups excluding carboxylic acids is 1. The molecule has 6 nitrogen and oxygen atoms in total. The first kappa shape index (κ1) is 13.9. The molecule has 1 N–H and O–H groups in total. The number of aromatic nitrogens is 2. The van der Waals surface area contributed by atoms with Gasteiger partial charge in [-0.25, -0.2) is 9.78 Å². The first-order valence-electron chi connectivity index (χ1n) is 6.40. The number of hydrogen-bond donors (Lipinski definition) is 1. The van der Waals surface area contributed by atoms with Gasteiger partial charge in [-0.3, -0.25) is 0 Å². The van der Waals surface area contributed by atoms with Gasteiger partial charge in [0.15, 0.2) is 0 Å². The third-order valence-corrected chi connectivity index (χ3v) is 3.10. The summed E-state index contributed by atoms with van der Waals surface area (Å²) in [7, 11) is 1.90. The molecule has 2 heterocycles. The van der Waals surface area contributed by atoms with E-state index in [2.05, 4.69) is 4.98 Å². The molecule has 1 aromatic rings. The highest BCUT2D eigenvalue weighted by Crippen LogP contribution is 2.27. The summed E-state index contributed by atoms with van der Waals surface area (Å²) in [5.41, 5.74) is 1.32. The Kier molecular flexibility index (Phi) is 3.54. The lowest BCUT2D eigenvalue weighted by Crippen LogP contribution is -2.42. The van der Waals surface area contributed by atoms with Gasteiger partial charge in [0.2, 0.25) is 0 Å². The van der Waals surface area contributed by atoms with Crippen molar-refractivity contribution in [1.29, 1.82) is 0 Å². The molecule has 106 valence electrons. The normalized spacial score (nSPS) is 19.2. The fourth-order valence-electron chi connectivity index (χ4n) is 2.34. The molecule has 0 radical (unpaired) electrons. The van der Waals surface area contributed by atoms with Crippen molar-refractivity contribution in [2.45, 2.75) is 38.8 Å². The van der Waals surface area contributed by atoms with E-state index in [-0.39, 0.29) is 18.6 Å². The van der Waals surface area contributed by atoms with E-state index < -0.39 is 5.60 Å². The second kappa shape index (κ2) is 4.85. The number of rotatable bonds is 1. The Morgan fingerprint density at radius 2 is 2.26 bits per heavy atom. The van der Waals surface area contributed by atoms with Gasteiger partial charge in [0.1, 0.15) is 5.60 Å². The molecule has 1 aliphatic heterocycles. The first-order chi connectivity index (χ1) is 8.81. The molecule has 0 fully saturated rings. The van der Waals surface area contributed by atoms with E-state index in [4.69, 9.17) is 4.74 Å². The zero-order valence-corrected chi connectivity index (χ0v) is 11.9. The number of imidazole rings is 1. The van der Waals surface area contributed by atoms with E-state index in [1.54, 1.807) is 11.2 Å². The van der Waals surface area contributed by atoms with Gasteiger partial charge in [0, 0.05) is 25.2 Å². The van der Waals surface area contributed by atoms with Crippen molar-refractivity contribution < 1.29 is 14.6 Å². The van der Waals surface area contributed by atoms with Gasteiger partial charge in [-0.1, -0.05) is 0 Å². The van der Waals surface area contributed by atoms with Crippen LogP contribution in [0, 0.1) is 0 Å². The maximum absolute atomic E-state index is 12.1. The van der Waals surface area contributed by atoms with Crippen molar-refractivity contribution in [2.75, 3.05) is 13.2 Å². The number of hydrogen-bond acceptors (Lipinski definition) is 4. The molecule has 0 unspecified atom stereocenters. The van der Waals surface area contributed by atoms with Crippen LogP contribution in [0.2, 0.25) is 0 Å². The summed E-state index contributed by atoms with van der Waals surface area (Å²) in [5, 5.41) is 9.49. The highest BCUT2D eigenvalue weighted by molar-refractivity contribution is 5.68. The quantitative estimate of drug-likeness (QED) is 0.831. The SMILES string of the molecule is Cn1cnc2c1[C@@H](CO)CN(C(=O)OC(C)(C)C)C2. The lowest BCUT2D eigenvalue weighted by molar-refractivity contribution is 0.0185. The molecule has 19 heavy (non-hydrogen) atoms. The van der Waals surface area contributed by atoms with Crippen LogP contribution >= 0.6 is 0 Å². The maximum atomic E-state index is 12.1. The Balaban J connectivity index is 2.18. The summed E-state index contributed by atoms with van der Waals surface area (Å²) >= 11 is 0. The van der Waals surface area contributed by atoms with Gasteiger partial charge in [-0.05, 0) is 20.8 Å². The number of ether oxygens (including phenoxy) is 1. The Labute approximate surface area is 113 Å². The molecule has 6 heteroatoms. The average Bonchev–Trinajstić information content (AvgIpc) is 2.68. The Morgan fingerprint density at radius 1 is 1.58 bits per heavy atom. The number of carbonyl (C=O) groups is 1. The van der Waals surface area contributed by atoms with E-state index in [1.807, 2.05) is 32.4 Å². The Morgan fingerprint density at radius 3 is 2.84 bits per heavy atom. The van der Waals surface area contributed by atoms with Crippen LogP contribution in [0.1, 0.15) is 38.1 Å². The predicted octanol–water partition coefficient (Wildman–Crippen LogP) is 1.25. The molecule has 0 aromatic carbocycles. The van der Waals surface area contributed by atoms with Crippen molar-refractivity contribution in [3.63, 3.8) is 0 Å². The molecule has 0 spiro atoms. The van der Waals surface area contributed by atoms with Gasteiger partial charge in [0.25, 0.3) is 0 Å². The summed E-state index contributed by atoms with van der Waals surface area (Å²) in [6.45, 7) is 6.39. The van der Waals surface area contributed by atoms with Gasteiger partial charge in [-0.15, -0.1) is 0 Å². The number of aryl methyl sites for hydroxylation is 1. The molecule has 0 saturated carbocycles. The summed E-state index contributed by atoms with van der Waals surface area (Å²) in [4.78, 5) is 18.0. The van der Waals surface area contributed by atoms with Crippen molar-refractivity contribution in [3.05, 3.63) is 17.7 Å². The van der Waals surface area contributed by atoms with Crippen molar-refractivity contribution in [3.8, 4) is 0 Å². The van der Waals surface area contributed by atoms with Crippen LogP contribution < -0.4 is 0 Å². The third kappa shape index (κ3) is 2.89. The summed E-state index contributed by atoms with van der Waals surface area (Å²) in [6, 6.07) is 0. The largest absolute Gasteiger partial charge is 0.444 e. The monoisotopic (exact) mass is 267 g/mol. The summed E-state index contributed by atoms with van der Waals surface area (Å²) in [6.07, 6.45) is 1.36. The summed E-state index contributed by atoms with van der Waals surface area (Å²) in [5.74, 6) is -0.108. The molecular formula is C13H21N3O3. The minimum atomic E-state index is -0.518. The molecule has 1 atom stereocenters. The van der Waals surface area contributed by atoms with E-state index in [0.717, 1.165) is 11.4 Å². The van der Waals surface area contributed by atoms with Crippen LogP contribution in [0.3, 0.4) is 0 Å². The minimum Gasteiger partial charge on any atom is -0.444 e. The average molecular weight is 267 g/mol. The molecule has 0 saturated heterocycles. The number of aliphatic hydroxyl groups excluding tert-OH is 1. The minimum absolute atomic E-state index is 0.00810. The number of nitrogens with zero attached hydrogens (tertiary/aromatic N) is 3. The van der Waals surface area contributed by atoms with Crippen molar-refractivity contribution in [2.24, 2.45) is 7.05 Å². The Hall–Kier alpha value is -1.56. The molecule has 2 rings (SSSR count). The lowest BCUT2D eigenvalue weighted by atomic mass is 9.99. The van der Waals surface area contributed by atoms with Gasteiger partial charge in [0.05, 0.1) is 25.2 Å². The highest BCUT2D eigenvalue weighted by Gasteiger charge is 2.33. The first-order valence-corrected chi connectivity index (χ1v) is 6.40. The van der Waals surface area contributed by atoms with Crippen LogP contribution in [0.4, 0.5) is 4.79 Å². The zero-order valence-electron chi connectivity index (χ0n) is 11.9. The second-order valence-corrected chi connectivity index (χ2v) is 5.93. The fraction of sp³-hybridized carbons (Fsp3) is 0.692.